The molecule has 1 aliphatic heterocycles. The van der Waals surface area contributed by atoms with Crippen LogP contribution in [0.2, 0.25) is 5.02 Å². The van der Waals surface area contributed by atoms with Gasteiger partial charge in [0, 0.05) is 28.5 Å². The molecule has 0 amide bonds. The number of nitrogens with one attached hydrogen (secondary N) is 1. The van der Waals surface area contributed by atoms with E-state index >= 15 is 0 Å². The maximum absolute atomic E-state index is 6.23. The molecule has 0 radical (unpaired) electrons. The minimum absolute atomic E-state index is 0.555. The van der Waals surface area contributed by atoms with Gasteiger partial charge in [0.1, 0.15) is 30.4 Å². The highest BCUT2D eigenvalue weighted by Gasteiger charge is 2.17. The average Bonchev–Trinajstić information content (AvgIpc) is 3.05. The first-order valence-electron chi connectivity index (χ1n) is 9.09. The van der Waals surface area contributed by atoms with Crippen molar-refractivity contribution in [2.75, 3.05) is 18.5 Å². The number of benzene rings is 2. The van der Waals surface area contributed by atoms with Crippen molar-refractivity contribution in [1.82, 2.24) is 9.38 Å². The van der Waals surface area contributed by atoms with Crippen molar-refractivity contribution in [1.29, 1.82) is 0 Å². The fraction of sp³-hybridized carbons (Fsp3) is 0.136. The maximum atomic E-state index is 6.23. The first-order chi connectivity index (χ1) is 13.7. The van der Waals surface area contributed by atoms with E-state index in [1.165, 1.54) is 0 Å². The molecule has 140 valence electrons. The molecule has 4 aromatic rings. The molecule has 0 spiro atoms. The molecule has 0 saturated carbocycles. The summed E-state index contributed by atoms with van der Waals surface area (Å²) in [6.45, 7) is 3.19. The van der Waals surface area contributed by atoms with E-state index in [2.05, 4.69) is 28.9 Å². The summed E-state index contributed by atoms with van der Waals surface area (Å²) in [5.74, 6) is 2.38. The predicted octanol–water partition coefficient (Wildman–Crippen LogP) is 5.48. The Kier molecular flexibility index (Phi) is 4.10. The van der Waals surface area contributed by atoms with Crippen LogP contribution < -0.4 is 14.8 Å². The van der Waals surface area contributed by atoms with Gasteiger partial charge >= 0.3 is 0 Å². The van der Waals surface area contributed by atoms with Crippen LogP contribution in [0.5, 0.6) is 11.5 Å². The Morgan fingerprint density at radius 3 is 2.71 bits per heavy atom. The minimum atomic E-state index is 0.555. The van der Waals surface area contributed by atoms with Gasteiger partial charge in [-0.1, -0.05) is 29.8 Å². The smallest absolute Gasteiger partial charge is 0.163 e. The van der Waals surface area contributed by atoms with E-state index in [4.69, 9.17) is 26.1 Å². The molecule has 2 aromatic heterocycles. The number of ether oxygens (including phenoxy) is 2. The van der Waals surface area contributed by atoms with Gasteiger partial charge in [0.25, 0.3) is 0 Å². The third-order valence-corrected chi connectivity index (χ3v) is 4.90. The summed E-state index contributed by atoms with van der Waals surface area (Å²) in [6, 6.07) is 17.6. The number of aromatic nitrogens is 2. The zero-order valence-electron chi connectivity index (χ0n) is 15.3. The third kappa shape index (κ3) is 3.04. The van der Waals surface area contributed by atoms with Crippen LogP contribution >= 0.6 is 11.6 Å². The van der Waals surface area contributed by atoms with Crippen molar-refractivity contribution in [3.63, 3.8) is 0 Å². The number of nitrogens with zero attached hydrogens (tertiary/aromatic N) is 2. The van der Waals surface area contributed by atoms with Crippen molar-refractivity contribution in [3.05, 3.63) is 71.4 Å². The van der Waals surface area contributed by atoms with Crippen molar-refractivity contribution in [3.8, 4) is 22.8 Å². The molecule has 5 nitrogen and oxygen atoms in total. The van der Waals surface area contributed by atoms with Crippen LogP contribution in [-0.2, 0) is 0 Å². The minimum Gasteiger partial charge on any atom is -0.486 e. The number of rotatable bonds is 3. The van der Waals surface area contributed by atoms with Gasteiger partial charge in [-0.2, -0.15) is 0 Å². The SMILES string of the molecule is Cc1ccc2nc(-c3cccc(Cl)c3)c(Nc3ccc4c(c3)OCCO4)n2c1. The summed E-state index contributed by atoms with van der Waals surface area (Å²) in [5, 5.41) is 4.19. The summed E-state index contributed by atoms with van der Waals surface area (Å²) < 4.78 is 13.4. The molecule has 0 aliphatic carbocycles. The molecule has 6 heteroatoms. The van der Waals surface area contributed by atoms with Crippen LogP contribution in [0.15, 0.2) is 60.8 Å². The van der Waals surface area contributed by atoms with Gasteiger partial charge in [0.15, 0.2) is 11.5 Å². The fourth-order valence-electron chi connectivity index (χ4n) is 3.37. The highest BCUT2D eigenvalue weighted by molar-refractivity contribution is 6.30. The highest BCUT2D eigenvalue weighted by Crippen LogP contribution is 2.36. The van der Waals surface area contributed by atoms with Crippen LogP contribution in [0, 0.1) is 6.92 Å². The molecule has 0 fully saturated rings. The van der Waals surface area contributed by atoms with Crippen LogP contribution in [-0.4, -0.2) is 22.6 Å². The zero-order valence-corrected chi connectivity index (χ0v) is 16.0. The summed E-state index contributed by atoms with van der Waals surface area (Å²) in [4.78, 5) is 4.83. The lowest BCUT2D eigenvalue weighted by molar-refractivity contribution is 0.171. The van der Waals surface area contributed by atoms with Crippen molar-refractivity contribution < 1.29 is 9.47 Å². The van der Waals surface area contributed by atoms with Gasteiger partial charge in [-0.25, -0.2) is 4.98 Å². The molecule has 1 aliphatic rings. The Balaban J connectivity index is 1.65. The number of fused-ring (bicyclic) bond motifs is 2. The van der Waals surface area contributed by atoms with Gasteiger partial charge in [0.05, 0.1) is 0 Å². The molecule has 28 heavy (non-hydrogen) atoms. The second kappa shape index (κ2) is 6.77. The quantitative estimate of drug-likeness (QED) is 0.502. The van der Waals surface area contributed by atoms with Crippen molar-refractivity contribution >= 4 is 28.8 Å². The normalized spacial score (nSPS) is 12.9. The summed E-state index contributed by atoms with van der Waals surface area (Å²) in [6.07, 6.45) is 2.07. The van der Waals surface area contributed by atoms with Gasteiger partial charge in [-0.05, 0) is 42.8 Å². The molecular formula is C22H18ClN3O2. The predicted molar refractivity (Wildman–Crippen MR) is 111 cm³/mol. The molecule has 3 heterocycles. The maximum Gasteiger partial charge on any atom is 0.163 e. The number of halogens is 1. The molecule has 5 rings (SSSR count). The van der Waals surface area contributed by atoms with Gasteiger partial charge in [0.2, 0.25) is 0 Å². The Bertz CT molecular complexity index is 1190. The van der Waals surface area contributed by atoms with Crippen LogP contribution in [0.1, 0.15) is 5.56 Å². The number of aryl methyl sites for hydroxylation is 1. The highest BCUT2D eigenvalue weighted by atomic mass is 35.5. The van der Waals surface area contributed by atoms with Crippen molar-refractivity contribution in [2.45, 2.75) is 6.92 Å². The number of hydrogen-bond donors (Lipinski definition) is 1. The van der Waals surface area contributed by atoms with E-state index in [0.29, 0.717) is 18.2 Å². The Morgan fingerprint density at radius 2 is 1.86 bits per heavy atom. The lowest BCUT2D eigenvalue weighted by Crippen LogP contribution is -2.15. The molecular weight excluding hydrogens is 374 g/mol. The lowest BCUT2D eigenvalue weighted by Gasteiger charge is -2.19. The molecule has 2 aromatic carbocycles. The van der Waals surface area contributed by atoms with Gasteiger partial charge in [-0.15, -0.1) is 0 Å². The second-order valence-electron chi connectivity index (χ2n) is 6.74. The number of imidazole rings is 1. The van der Waals surface area contributed by atoms with E-state index in [1.54, 1.807) is 0 Å². The lowest BCUT2D eigenvalue weighted by atomic mass is 10.1. The summed E-state index contributed by atoms with van der Waals surface area (Å²) in [5.41, 5.74) is 4.70. The Labute approximate surface area is 167 Å². The first-order valence-corrected chi connectivity index (χ1v) is 9.46. The van der Waals surface area contributed by atoms with E-state index in [1.807, 2.05) is 48.5 Å². The molecule has 0 saturated heterocycles. The number of hydrogen-bond acceptors (Lipinski definition) is 4. The van der Waals surface area contributed by atoms with Gasteiger partial charge < -0.3 is 14.8 Å². The summed E-state index contributed by atoms with van der Waals surface area (Å²) in [7, 11) is 0. The topological polar surface area (TPSA) is 47.8 Å². The number of pyridine rings is 1. The van der Waals surface area contributed by atoms with E-state index < -0.39 is 0 Å². The molecule has 0 bridgehead atoms. The number of anilines is 2. The molecule has 1 N–H and O–H groups in total. The largest absolute Gasteiger partial charge is 0.486 e. The first kappa shape index (κ1) is 17.0. The Hall–Kier alpha value is -3.18. The Morgan fingerprint density at radius 1 is 1.00 bits per heavy atom. The van der Waals surface area contributed by atoms with Crippen LogP contribution in [0.25, 0.3) is 16.9 Å². The van der Waals surface area contributed by atoms with Crippen molar-refractivity contribution in [2.24, 2.45) is 0 Å². The molecule has 0 unspecified atom stereocenters. The standard InChI is InChI=1S/C22H18ClN3O2/c1-14-5-8-20-25-21(15-3-2-4-16(23)11-15)22(26(20)13-14)24-17-6-7-18-19(12-17)28-10-9-27-18/h2-8,11-13,24H,9-10H2,1H3. The summed E-state index contributed by atoms with van der Waals surface area (Å²) >= 11 is 6.23. The monoisotopic (exact) mass is 391 g/mol. The van der Waals surface area contributed by atoms with Crippen LogP contribution in [0.4, 0.5) is 11.5 Å². The van der Waals surface area contributed by atoms with Crippen LogP contribution in [0.3, 0.4) is 0 Å². The van der Waals surface area contributed by atoms with Gasteiger partial charge in [-0.3, -0.25) is 4.40 Å². The fourth-order valence-corrected chi connectivity index (χ4v) is 3.56. The zero-order chi connectivity index (χ0) is 19.1. The second-order valence-corrected chi connectivity index (χ2v) is 7.17. The molecule has 0 atom stereocenters. The third-order valence-electron chi connectivity index (χ3n) is 4.67. The van der Waals surface area contributed by atoms with E-state index in [-0.39, 0.29) is 0 Å². The average molecular weight is 392 g/mol. The van der Waals surface area contributed by atoms with E-state index in [0.717, 1.165) is 45.5 Å². The van der Waals surface area contributed by atoms with E-state index in [9.17, 15) is 0 Å².